The van der Waals surface area contributed by atoms with E-state index < -0.39 is 0 Å². The first-order valence-corrected chi connectivity index (χ1v) is 22.5. The highest BCUT2D eigenvalue weighted by Crippen LogP contribution is 2.51. The Morgan fingerprint density at radius 1 is 0.855 bits per heavy atom. The Morgan fingerprint density at radius 3 is 2.15 bits per heavy atom. The van der Waals surface area contributed by atoms with Crippen LogP contribution in [-0.2, 0) is 10.8 Å². The van der Waals surface area contributed by atoms with Crippen molar-refractivity contribution >= 4 is 56.3 Å². The third-order valence-electron chi connectivity index (χ3n) is 12.9. The Hall–Kier alpha value is -4.84. The number of likely N-dealkylation sites (N-methyl/N-ethyl adjacent to an activating group) is 1. The van der Waals surface area contributed by atoms with E-state index in [1.807, 2.05) is 23.9 Å². The average molecular weight is 959 g/mol. The minimum atomic E-state index is -0.238. The van der Waals surface area contributed by atoms with Gasteiger partial charge in [-0.1, -0.05) is 44.2 Å². The molecule has 0 radical (unpaired) electrons. The van der Waals surface area contributed by atoms with Gasteiger partial charge in [0, 0.05) is 69.8 Å². The molecule has 9 heteroatoms. The molecule has 5 aromatic carbocycles. The molecule has 322 valence electrons. The first-order valence-electron chi connectivity index (χ1n) is 21.7. The first-order chi connectivity index (χ1) is 29.4. The molecule has 0 fully saturated rings. The van der Waals surface area contributed by atoms with Gasteiger partial charge in [-0.05, 0) is 152 Å². The van der Waals surface area contributed by atoms with Crippen molar-refractivity contribution in [2.75, 3.05) is 45.3 Å². The third kappa shape index (κ3) is 8.12. The van der Waals surface area contributed by atoms with E-state index in [-0.39, 0.29) is 46.0 Å². The number of thioether (sulfide) groups is 1. The lowest BCUT2D eigenvalue weighted by Crippen LogP contribution is -3.00. The Kier molecular flexibility index (Phi) is 13.5. The topological polar surface area (TPSA) is 79.8 Å². The summed E-state index contributed by atoms with van der Waals surface area (Å²) in [7, 11) is 3.45. The SMILES string of the molecule is CCN1/C(=C/C=C2\C(/C=C/C3=[N+](CC)c4ccc5cc(OC)ccc5c4C3(C)C)=CCCC2Sc2ccc(C(=O)NCCN)cc2)C(C)(C)c2c1ccc1cc(OC)ccc21.[I-]. The van der Waals surface area contributed by atoms with E-state index in [1.54, 1.807) is 14.2 Å². The van der Waals surface area contributed by atoms with E-state index in [1.165, 1.54) is 66.6 Å². The molecule has 1 atom stereocenters. The maximum atomic E-state index is 12.7. The van der Waals surface area contributed by atoms with Crippen LogP contribution >= 0.6 is 11.8 Å². The number of carbonyl (C=O) groups excluding carboxylic acids is 1. The van der Waals surface area contributed by atoms with Crippen LogP contribution in [0.2, 0.25) is 0 Å². The van der Waals surface area contributed by atoms with Gasteiger partial charge in [-0.15, -0.1) is 11.8 Å². The Labute approximate surface area is 388 Å². The van der Waals surface area contributed by atoms with E-state index in [9.17, 15) is 4.79 Å². The van der Waals surface area contributed by atoms with Crippen molar-refractivity contribution in [1.82, 2.24) is 5.32 Å². The lowest BCUT2D eigenvalue weighted by molar-refractivity contribution is -0.433. The van der Waals surface area contributed by atoms with Gasteiger partial charge >= 0.3 is 0 Å². The number of hydrogen-bond donors (Lipinski definition) is 2. The highest BCUT2D eigenvalue weighted by molar-refractivity contribution is 8.00. The number of anilines is 1. The predicted octanol–water partition coefficient (Wildman–Crippen LogP) is 8.16. The summed E-state index contributed by atoms with van der Waals surface area (Å²) in [4.78, 5) is 16.3. The summed E-state index contributed by atoms with van der Waals surface area (Å²) in [5.41, 5.74) is 16.2. The van der Waals surface area contributed by atoms with E-state index in [0.717, 1.165) is 42.3 Å². The quantitative estimate of drug-likeness (QED) is 0.0972. The van der Waals surface area contributed by atoms with Crippen molar-refractivity contribution in [3.8, 4) is 11.5 Å². The summed E-state index contributed by atoms with van der Waals surface area (Å²) < 4.78 is 13.7. The molecule has 0 saturated carbocycles. The van der Waals surface area contributed by atoms with Crippen LogP contribution < -0.4 is 49.4 Å². The van der Waals surface area contributed by atoms with Crippen LogP contribution in [0.15, 0.2) is 137 Å². The summed E-state index contributed by atoms with van der Waals surface area (Å²) in [6.45, 7) is 16.5. The van der Waals surface area contributed by atoms with Crippen LogP contribution in [0.3, 0.4) is 0 Å². The van der Waals surface area contributed by atoms with Crippen molar-refractivity contribution in [2.24, 2.45) is 5.73 Å². The minimum Gasteiger partial charge on any atom is -1.00 e. The van der Waals surface area contributed by atoms with Crippen LogP contribution in [0, 0.1) is 0 Å². The molecule has 0 spiro atoms. The molecular formula is C53H59IN4O3S. The number of nitrogens with two attached hydrogens (primary N) is 1. The van der Waals surface area contributed by atoms with Crippen molar-refractivity contribution in [2.45, 2.75) is 75.4 Å². The molecule has 3 aliphatic rings. The van der Waals surface area contributed by atoms with Gasteiger partial charge < -0.3 is 49.4 Å². The molecule has 1 amide bonds. The Balaban J connectivity index is 0.00000578. The van der Waals surface area contributed by atoms with Gasteiger partial charge in [0.1, 0.15) is 18.0 Å². The van der Waals surface area contributed by atoms with Crippen LogP contribution in [0.1, 0.15) is 75.9 Å². The highest BCUT2D eigenvalue weighted by Gasteiger charge is 2.45. The Bertz CT molecular complexity index is 2690. The number of ether oxygens (including phenoxy) is 2. The van der Waals surface area contributed by atoms with Gasteiger partial charge in [0.25, 0.3) is 5.91 Å². The molecule has 7 nitrogen and oxygen atoms in total. The number of rotatable bonds is 12. The number of allylic oxidation sites excluding steroid dienone is 7. The number of methoxy groups -OCH3 is 2. The fourth-order valence-corrected chi connectivity index (χ4v) is 11.1. The molecule has 0 aromatic heterocycles. The zero-order valence-corrected chi connectivity index (χ0v) is 40.2. The number of hydrogen-bond acceptors (Lipinski definition) is 6. The molecule has 62 heavy (non-hydrogen) atoms. The lowest BCUT2D eigenvalue weighted by Gasteiger charge is -2.28. The summed E-state index contributed by atoms with van der Waals surface area (Å²) >= 11 is 1.88. The number of benzene rings is 5. The maximum absolute atomic E-state index is 12.7. The molecule has 8 rings (SSSR count). The van der Waals surface area contributed by atoms with E-state index >= 15 is 0 Å². The van der Waals surface area contributed by atoms with Crippen molar-refractivity contribution in [3.63, 3.8) is 0 Å². The Morgan fingerprint density at radius 2 is 1.52 bits per heavy atom. The van der Waals surface area contributed by atoms with Gasteiger partial charge in [0.2, 0.25) is 5.69 Å². The number of nitrogens with zero attached hydrogens (tertiary/aromatic N) is 2. The second kappa shape index (κ2) is 18.5. The zero-order chi connectivity index (χ0) is 43.1. The molecule has 0 saturated heterocycles. The highest BCUT2D eigenvalue weighted by atomic mass is 127. The van der Waals surface area contributed by atoms with E-state index in [4.69, 9.17) is 15.2 Å². The van der Waals surface area contributed by atoms with Gasteiger partial charge in [-0.25, -0.2) is 0 Å². The normalized spacial score (nSPS) is 19.0. The van der Waals surface area contributed by atoms with Crippen LogP contribution in [-0.4, -0.2) is 61.8 Å². The van der Waals surface area contributed by atoms with E-state index in [0.29, 0.717) is 18.7 Å². The second-order valence-electron chi connectivity index (χ2n) is 17.1. The van der Waals surface area contributed by atoms with Gasteiger partial charge in [0.05, 0.1) is 19.6 Å². The molecule has 3 N–H and O–H groups in total. The predicted molar refractivity (Wildman–Crippen MR) is 256 cm³/mol. The number of amides is 1. The van der Waals surface area contributed by atoms with Gasteiger partial charge in [0.15, 0.2) is 5.71 Å². The second-order valence-corrected chi connectivity index (χ2v) is 18.4. The smallest absolute Gasteiger partial charge is 0.251 e. The van der Waals surface area contributed by atoms with Crippen molar-refractivity contribution < 1.29 is 42.8 Å². The minimum absolute atomic E-state index is 0. The van der Waals surface area contributed by atoms with Crippen molar-refractivity contribution in [3.05, 3.63) is 149 Å². The number of nitrogens with one attached hydrogen (secondary N) is 1. The first kappa shape index (κ1) is 45.2. The lowest BCUT2D eigenvalue weighted by atomic mass is 9.78. The molecule has 0 bridgehead atoms. The molecular weight excluding hydrogens is 900 g/mol. The largest absolute Gasteiger partial charge is 1.00 e. The fourth-order valence-electron chi connectivity index (χ4n) is 9.89. The summed E-state index contributed by atoms with van der Waals surface area (Å²) in [5, 5.41) is 8.00. The maximum Gasteiger partial charge on any atom is 0.251 e. The van der Waals surface area contributed by atoms with Crippen LogP contribution in [0.4, 0.5) is 11.4 Å². The number of carbonyl (C=O) groups is 1. The zero-order valence-electron chi connectivity index (χ0n) is 37.3. The van der Waals surface area contributed by atoms with Crippen molar-refractivity contribution in [1.29, 1.82) is 0 Å². The summed E-state index contributed by atoms with van der Waals surface area (Å²) in [5.74, 6) is 1.64. The molecule has 1 aliphatic carbocycles. The number of halogens is 1. The van der Waals surface area contributed by atoms with Gasteiger partial charge in [-0.3, -0.25) is 4.79 Å². The summed E-state index contributed by atoms with van der Waals surface area (Å²) in [6, 6.07) is 29.9. The summed E-state index contributed by atoms with van der Waals surface area (Å²) in [6.07, 6.45) is 13.9. The average Bonchev–Trinajstić information content (AvgIpc) is 3.64. The molecule has 5 aromatic rings. The fraction of sp³-hybridized carbons (Fsp3) is 0.321. The van der Waals surface area contributed by atoms with Gasteiger partial charge in [-0.2, -0.15) is 4.58 Å². The molecule has 1 unspecified atom stereocenters. The van der Waals surface area contributed by atoms with Crippen LogP contribution in [0.5, 0.6) is 11.5 Å². The van der Waals surface area contributed by atoms with E-state index in [2.05, 4.69) is 160 Å². The van der Waals surface area contributed by atoms with Crippen LogP contribution in [0.25, 0.3) is 21.5 Å². The third-order valence-corrected chi connectivity index (χ3v) is 14.2. The number of fused-ring (bicyclic) bond motifs is 6. The molecule has 2 heterocycles. The monoisotopic (exact) mass is 958 g/mol. The molecule has 2 aliphatic heterocycles. The standard InChI is InChI=1S/C53H58N4O3S.HI/c1-9-56-44-26-16-36-32-38(59-7)19-23-42(36)49(44)52(3,4)47(56)28-18-34-12-11-13-46(61-40-21-14-35(15-22-40)51(58)55-31-30-54)41(34)25-29-48-53(5,6)50-43-24-20-39(60-8)33-37(43)17-27-45(50)57(48)10-2;/h12,14-29,32-33,46H,9-11,13,30-31,54H2,1-8H3;1H/b28-18+,41-25+,48-29+;.